The van der Waals surface area contributed by atoms with E-state index in [-0.39, 0.29) is 28.5 Å². The van der Waals surface area contributed by atoms with E-state index in [0.29, 0.717) is 17.8 Å². The van der Waals surface area contributed by atoms with Crippen LogP contribution in [0.5, 0.6) is 0 Å². The summed E-state index contributed by atoms with van der Waals surface area (Å²) in [4.78, 5) is 35.9. The summed E-state index contributed by atoms with van der Waals surface area (Å²) in [5.41, 5.74) is 1.32. The van der Waals surface area contributed by atoms with Crippen molar-refractivity contribution in [3.8, 4) is 0 Å². The van der Waals surface area contributed by atoms with Gasteiger partial charge in [-0.15, -0.1) is 11.8 Å². The Hall–Kier alpha value is -2.80. The van der Waals surface area contributed by atoms with Crippen LogP contribution in [0.1, 0.15) is 37.6 Å². The molecule has 0 aliphatic carbocycles. The highest BCUT2D eigenvalue weighted by Gasteiger charge is 2.16. The third kappa shape index (κ3) is 7.44. The zero-order chi connectivity index (χ0) is 20.7. The number of anilines is 2. The summed E-state index contributed by atoms with van der Waals surface area (Å²) >= 11 is 1.35. The van der Waals surface area contributed by atoms with Gasteiger partial charge in [0.15, 0.2) is 0 Å². The average molecular weight is 401 g/mol. The van der Waals surface area contributed by atoms with Crippen LogP contribution in [-0.2, 0) is 9.59 Å². The number of amides is 2. The Morgan fingerprint density at radius 2 is 1.57 bits per heavy atom. The van der Waals surface area contributed by atoms with E-state index in [2.05, 4.69) is 10.6 Å². The van der Waals surface area contributed by atoms with Crippen LogP contribution in [0, 0.1) is 5.41 Å². The molecule has 0 unspecified atom stereocenters. The molecule has 0 saturated carbocycles. The summed E-state index contributed by atoms with van der Waals surface area (Å²) < 4.78 is 0. The highest BCUT2D eigenvalue weighted by molar-refractivity contribution is 8.00. The van der Waals surface area contributed by atoms with E-state index in [1.54, 1.807) is 12.1 Å². The fourth-order valence-electron chi connectivity index (χ4n) is 2.39. The number of carboxylic acid groups (broad SMARTS) is 1. The van der Waals surface area contributed by atoms with Crippen LogP contribution in [0.2, 0.25) is 0 Å². The van der Waals surface area contributed by atoms with Gasteiger partial charge in [0.2, 0.25) is 11.8 Å². The van der Waals surface area contributed by atoms with Gasteiger partial charge in [-0.3, -0.25) is 9.59 Å². The fourth-order valence-corrected chi connectivity index (χ4v) is 3.15. The van der Waals surface area contributed by atoms with E-state index in [1.807, 2.05) is 45.0 Å². The summed E-state index contributed by atoms with van der Waals surface area (Å²) in [5, 5.41) is 14.5. The van der Waals surface area contributed by atoms with Gasteiger partial charge in [-0.1, -0.05) is 26.8 Å². The first-order valence-electron chi connectivity index (χ1n) is 8.78. The molecule has 148 valence electrons. The number of rotatable bonds is 7. The van der Waals surface area contributed by atoms with Crippen molar-refractivity contribution in [3.63, 3.8) is 0 Å². The van der Waals surface area contributed by atoms with Gasteiger partial charge in [0.25, 0.3) is 0 Å². The second-order valence-corrected chi connectivity index (χ2v) is 8.58. The fraction of sp³-hybridized carbons (Fsp3) is 0.286. The van der Waals surface area contributed by atoms with Gasteiger partial charge >= 0.3 is 5.97 Å². The van der Waals surface area contributed by atoms with Gasteiger partial charge < -0.3 is 15.7 Å². The van der Waals surface area contributed by atoms with E-state index in [4.69, 9.17) is 5.11 Å². The minimum atomic E-state index is -1.01. The second kappa shape index (κ2) is 9.41. The lowest BCUT2D eigenvalue weighted by molar-refractivity contribution is -0.118. The standard InChI is InChI=1S/C21H24N2O4S/c1-21(2,3)12-18(24)23-16-5-4-6-17(11-16)28-13-19(25)22-15-9-7-14(8-10-15)20(26)27/h4-11H,12-13H2,1-3H3,(H,22,25)(H,23,24)(H,26,27). The van der Waals surface area contributed by atoms with Crippen molar-refractivity contribution in [2.24, 2.45) is 5.41 Å². The average Bonchev–Trinajstić information content (AvgIpc) is 2.59. The van der Waals surface area contributed by atoms with Crippen LogP contribution in [0.25, 0.3) is 0 Å². The van der Waals surface area contributed by atoms with Crippen LogP contribution in [0.4, 0.5) is 11.4 Å². The van der Waals surface area contributed by atoms with Crippen molar-refractivity contribution in [2.45, 2.75) is 32.1 Å². The second-order valence-electron chi connectivity index (χ2n) is 7.53. The Bertz CT molecular complexity index is 857. The SMILES string of the molecule is CC(C)(C)CC(=O)Nc1cccc(SCC(=O)Nc2ccc(C(=O)O)cc2)c1. The van der Waals surface area contributed by atoms with Crippen molar-refractivity contribution in [3.05, 3.63) is 54.1 Å². The molecule has 0 heterocycles. The molecule has 0 atom stereocenters. The van der Waals surface area contributed by atoms with Crippen molar-refractivity contribution >= 4 is 40.9 Å². The summed E-state index contributed by atoms with van der Waals surface area (Å²) in [6.07, 6.45) is 0.424. The summed E-state index contributed by atoms with van der Waals surface area (Å²) in [5.74, 6) is -1.06. The van der Waals surface area contributed by atoms with Gasteiger partial charge in [0.1, 0.15) is 0 Å². The lowest BCUT2D eigenvalue weighted by atomic mass is 9.92. The maximum Gasteiger partial charge on any atom is 0.335 e. The van der Waals surface area contributed by atoms with Crippen LogP contribution >= 0.6 is 11.8 Å². The predicted octanol–water partition coefficient (Wildman–Crippen LogP) is 4.49. The Balaban J connectivity index is 1.87. The smallest absolute Gasteiger partial charge is 0.335 e. The lowest BCUT2D eigenvalue weighted by Gasteiger charge is -2.17. The number of hydrogen-bond donors (Lipinski definition) is 3. The van der Waals surface area contributed by atoms with E-state index in [9.17, 15) is 14.4 Å². The summed E-state index contributed by atoms with van der Waals surface area (Å²) in [7, 11) is 0. The molecule has 3 N–H and O–H groups in total. The van der Waals surface area contributed by atoms with Gasteiger partial charge in [-0.25, -0.2) is 4.79 Å². The Labute approximate surface area is 168 Å². The number of thioether (sulfide) groups is 1. The largest absolute Gasteiger partial charge is 0.478 e. The molecule has 0 bridgehead atoms. The first kappa shape index (κ1) is 21.5. The number of nitrogens with one attached hydrogen (secondary N) is 2. The minimum Gasteiger partial charge on any atom is -0.478 e. The predicted molar refractivity (Wildman–Crippen MR) is 112 cm³/mol. The molecule has 0 radical (unpaired) electrons. The van der Waals surface area contributed by atoms with Crippen LogP contribution in [0.3, 0.4) is 0 Å². The third-order valence-electron chi connectivity index (χ3n) is 3.59. The van der Waals surface area contributed by atoms with Crippen molar-refractivity contribution in [2.75, 3.05) is 16.4 Å². The molecule has 0 aliphatic rings. The van der Waals surface area contributed by atoms with Gasteiger partial charge in [-0.2, -0.15) is 0 Å². The summed E-state index contributed by atoms with van der Waals surface area (Å²) in [6, 6.07) is 13.3. The van der Waals surface area contributed by atoms with Gasteiger partial charge in [-0.05, 0) is 47.9 Å². The van der Waals surface area contributed by atoms with E-state index in [0.717, 1.165) is 4.90 Å². The molecule has 0 spiro atoms. The Morgan fingerprint density at radius 3 is 2.18 bits per heavy atom. The molecule has 0 saturated heterocycles. The van der Waals surface area contributed by atoms with E-state index in [1.165, 1.54) is 23.9 Å². The van der Waals surface area contributed by atoms with Crippen molar-refractivity contribution in [1.29, 1.82) is 0 Å². The van der Waals surface area contributed by atoms with Crippen molar-refractivity contribution < 1.29 is 19.5 Å². The van der Waals surface area contributed by atoms with Crippen LogP contribution in [-0.4, -0.2) is 28.6 Å². The molecule has 6 nitrogen and oxygen atoms in total. The maximum atomic E-state index is 12.1. The normalized spacial score (nSPS) is 11.0. The van der Waals surface area contributed by atoms with Crippen LogP contribution < -0.4 is 10.6 Å². The van der Waals surface area contributed by atoms with Crippen molar-refractivity contribution in [1.82, 2.24) is 0 Å². The highest BCUT2D eigenvalue weighted by Crippen LogP contribution is 2.24. The number of carbonyl (C=O) groups is 3. The maximum absolute atomic E-state index is 12.1. The number of aromatic carboxylic acids is 1. The molecule has 2 amide bonds. The molecule has 2 rings (SSSR count). The molecular formula is C21H24N2O4S. The monoisotopic (exact) mass is 400 g/mol. The van der Waals surface area contributed by atoms with E-state index >= 15 is 0 Å². The zero-order valence-electron chi connectivity index (χ0n) is 16.1. The molecule has 0 aromatic heterocycles. The number of carboxylic acids is 1. The molecule has 0 fully saturated rings. The first-order chi connectivity index (χ1) is 13.1. The molecular weight excluding hydrogens is 376 g/mol. The lowest BCUT2D eigenvalue weighted by Crippen LogP contribution is -2.19. The first-order valence-corrected chi connectivity index (χ1v) is 9.77. The molecule has 28 heavy (non-hydrogen) atoms. The Morgan fingerprint density at radius 1 is 0.929 bits per heavy atom. The molecule has 2 aromatic carbocycles. The summed E-state index contributed by atoms with van der Waals surface area (Å²) in [6.45, 7) is 6.02. The molecule has 7 heteroatoms. The quantitative estimate of drug-likeness (QED) is 0.595. The minimum absolute atomic E-state index is 0.0443. The number of hydrogen-bond acceptors (Lipinski definition) is 4. The zero-order valence-corrected chi connectivity index (χ0v) is 16.9. The topological polar surface area (TPSA) is 95.5 Å². The third-order valence-corrected chi connectivity index (χ3v) is 4.59. The van der Waals surface area contributed by atoms with E-state index < -0.39 is 5.97 Å². The van der Waals surface area contributed by atoms with Gasteiger partial charge in [0, 0.05) is 22.7 Å². The van der Waals surface area contributed by atoms with Gasteiger partial charge in [0.05, 0.1) is 11.3 Å². The Kier molecular flexibility index (Phi) is 7.23. The number of benzene rings is 2. The molecule has 2 aromatic rings. The van der Waals surface area contributed by atoms with Crippen LogP contribution in [0.15, 0.2) is 53.4 Å². The number of carbonyl (C=O) groups excluding carboxylic acids is 2. The molecule has 0 aliphatic heterocycles. The highest BCUT2D eigenvalue weighted by atomic mass is 32.2.